The number of fused-ring (bicyclic) bond motifs is 1. The minimum absolute atomic E-state index is 0.0594. The molecule has 8 heteroatoms. The molecule has 0 saturated carbocycles. The van der Waals surface area contributed by atoms with Crippen LogP contribution < -0.4 is 0 Å². The molecule has 2 aliphatic rings. The summed E-state index contributed by atoms with van der Waals surface area (Å²) in [5.74, 6) is -1.69. The Bertz CT molecular complexity index is 933. The quantitative estimate of drug-likeness (QED) is 0.718. The van der Waals surface area contributed by atoms with E-state index in [0.717, 1.165) is 4.88 Å². The van der Waals surface area contributed by atoms with Crippen LogP contribution in [0.5, 0.6) is 0 Å². The molecule has 1 unspecified atom stereocenters. The number of imide groups is 1. The van der Waals surface area contributed by atoms with Crippen molar-refractivity contribution in [3.63, 3.8) is 0 Å². The van der Waals surface area contributed by atoms with Crippen molar-refractivity contribution in [2.75, 3.05) is 13.1 Å². The van der Waals surface area contributed by atoms with Crippen LogP contribution in [0.2, 0.25) is 0 Å². The average Bonchev–Trinajstić information content (AvgIpc) is 3.39. The second-order valence-electron chi connectivity index (χ2n) is 6.83. The first-order valence-electron chi connectivity index (χ1n) is 8.90. The Morgan fingerprint density at radius 1 is 1.04 bits per heavy atom. The summed E-state index contributed by atoms with van der Waals surface area (Å²) in [5, 5.41) is 1.93. The molecule has 142 valence electrons. The van der Waals surface area contributed by atoms with Crippen LogP contribution in [0.15, 0.2) is 52.7 Å². The number of sulfonamides is 1. The van der Waals surface area contributed by atoms with Crippen LogP contribution in [0.25, 0.3) is 0 Å². The third-order valence-electron chi connectivity index (χ3n) is 5.35. The second kappa shape index (κ2) is 6.85. The summed E-state index contributed by atoms with van der Waals surface area (Å²) in [6, 6.07) is 11.7. The van der Waals surface area contributed by atoms with Crippen molar-refractivity contribution in [1.29, 1.82) is 0 Å². The molecule has 4 rings (SSSR count). The summed E-state index contributed by atoms with van der Waals surface area (Å²) in [6.07, 6.45) is 0.642. The Morgan fingerprint density at radius 2 is 1.67 bits per heavy atom. The van der Waals surface area contributed by atoms with Crippen molar-refractivity contribution in [3.05, 3.63) is 52.7 Å². The second-order valence-corrected chi connectivity index (χ2v) is 9.75. The predicted molar refractivity (Wildman–Crippen MR) is 101 cm³/mol. The smallest absolute Gasteiger partial charge is 0.243 e. The standard InChI is InChI=1S/C19H20N2O4S2/c1-2-16(17-9-6-10-26-17)21-18(22)14-11-20(12-15(14)19(21)23)27(24,25)13-7-4-3-5-8-13/h3-10,14-16H,2,11-12H2,1H3/t14-,15+,16?. The molecule has 1 aromatic carbocycles. The van der Waals surface area contributed by atoms with E-state index >= 15 is 0 Å². The van der Waals surface area contributed by atoms with E-state index in [1.54, 1.807) is 18.2 Å². The van der Waals surface area contributed by atoms with E-state index < -0.39 is 21.9 Å². The lowest BCUT2D eigenvalue weighted by molar-refractivity contribution is -0.143. The third kappa shape index (κ3) is 2.92. The number of carbonyl (C=O) groups excluding carboxylic acids is 2. The molecular formula is C19H20N2O4S2. The van der Waals surface area contributed by atoms with E-state index in [-0.39, 0.29) is 35.8 Å². The van der Waals surface area contributed by atoms with Crippen molar-refractivity contribution < 1.29 is 18.0 Å². The number of benzene rings is 1. The molecule has 2 saturated heterocycles. The normalized spacial score (nSPS) is 24.4. The van der Waals surface area contributed by atoms with Gasteiger partial charge in [-0.25, -0.2) is 8.42 Å². The van der Waals surface area contributed by atoms with Gasteiger partial charge >= 0.3 is 0 Å². The maximum absolute atomic E-state index is 13.0. The Labute approximate surface area is 162 Å². The molecule has 0 spiro atoms. The zero-order valence-electron chi connectivity index (χ0n) is 14.8. The number of amides is 2. The Hall–Kier alpha value is -2.03. The van der Waals surface area contributed by atoms with Gasteiger partial charge in [0.05, 0.1) is 22.8 Å². The molecule has 1 aromatic heterocycles. The van der Waals surface area contributed by atoms with Crippen molar-refractivity contribution in [3.8, 4) is 0 Å². The fourth-order valence-corrected chi connectivity index (χ4v) is 6.38. The van der Waals surface area contributed by atoms with Gasteiger partial charge in [-0.15, -0.1) is 11.3 Å². The summed E-state index contributed by atoms with van der Waals surface area (Å²) in [7, 11) is -3.70. The van der Waals surface area contributed by atoms with Gasteiger partial charge < -0.3 is 0 Å². The summed E-state index contributed by atoms with van der Waals surface area (Å²) in [5.41, 5.74) is 0. The molecule has 6 nitrogen and oxygen atoms in total. The highest BCUT2D eigenvalue weighted by Gasteiger charge is 2.56. The number of nitrogens with zero attached hydrogens (tertiary/aromatic N) is 2. The van der Waals surface area contributed by atoms with E-state index in [1.807, 2.05) is 24.4 Å². The van der Waals surface area contributed by atoms with Gasteiger partial charge in [-0.2, -0.15) is 4.31 Å². The van der Waals surface area contributed by atoms with Crippen LogP contribution in [0.4, 0.5) is 0 Å². The van der Waals surface area contributed by atoms with Crippen molar-refractivity contribution in [1.82, 2.24) is 9.21 Å². The van der Waals surface area contributed by atoms with Gasteiger partial charge in [-0.1, -0.05) is 31.2 Å². The highest BCUT2D eigenvalue weighted by atomic mass is 32.2. The third-order valence-corrected chi connectivity index (χ3v) is 8.17. The van der Waals surface area contributed by atoms with Gasteiger partial charge in [0.2, 0.25) is 21.8 Å². The van der Waals surface area contributed by atoms with Crippen LogP contribution in [0, 0.1) is 11.8 Å². The summed E-state index contributed by atoms with van der Waals surface area (Å²) >= 11 is 1.52. The van der Waals surface area contributed by atoms with Gasteiger partial charge in [-0.3, -0.25) is 14.5 Å². The van der Waals surface area contributed by atoms with Gasteiger partial charge in [0.25, 0.3) is 0 Å². The van der Waals surface area contributed by atoms with E-state index in [9.17, 15) is 18.0 Å². The number of thiophene rings is 1. The zero-order valence-corrected chi connectivity index (χ0v) is 16.4. The molecule has 2 aromatic rings. The predicted octanol–water partition coefficient (Wildman–Crippen LogP) is 2.50. The van der Waals surface area contributed by atoms with E-state index in [1.165, 1.54) is 32.7 Å². The van der Waals surface area contributed by atoms with E-state index in [2.05, 4.69) is 0 Å². The number of rotatable bonds is 5. The Balaban J connectivity index is 1.58. The monoisotopic (exact) mass is 404 g/mol. The fourth-order valence-electron chi connectivity index (χ4n) is 3.97. The average molecular weight is 405 g/mol. The minimum atomic E-state index is -3.70. The Kier molecular flexibility index (Phi) is 4.65. The van der Waals surface area contributed by atoms with Crippen LogP contribution >= 0.6 is 11.3 Å². The molecule has 0 radical (unpaired) electrons. The first-order chi connectivity index (χ1) is 12.9. The largest absolute Gasteiger partial charge is 0.274 e. The summed E-state index contributed by atoms with van der Waals surface area (Å²) in [4.78, 5) is 28.5. The molecule has 2 aliphatic heterocycles. The highest BCUT2D eigenvalue weighted by Crippen LogP contribution is 2.41. The summed E-state index contributed by atoms with van der Waals surface area (Å²) in [6.45, 7) is 2.07. The number of hydrogen-bond acceptors (Lipinski definition) is 5. The van der Waals surface area contributed by atoms with Crippen LogP contribution in [0.1, 0.15) is 24.3 Å². The van der Waals surface area contributed by atoms with Gasteiger partial charge in [0, 0.05) is 18.0 Å². The molecule has 27 heavy (non-hydrogen) atoms. The number of carbonyl (C=O) groups is 2. The summed E-state index contributed by atoms with van der Waals surface area (Å²) < 4.78 is 26.9. The molecular weight excluding hydrogens is 384 g/mol. The molecule has 2 amide bonds. The van der Waals surface area contributed by atoms with Gasteiger partial charge in [0.15, 0.2) is 0 Å². The van der Waals surface area contributed by atoms with Crippen LogP contribution in [0.3, 0.4) is 0 Å². The lowest BCUT2D eigenvalue weighted by atomic mass is 10.00. The van der Waals surface area contributed by atoms with Crippen LogP contribution in [-0.4, -0.2) is 42.5 Å². The molecule has 0 aliphatic carbocycles. The molecule has 0 bridgehead atoms. The van der Waals surface area contributed by atoms with Gasteiger partial charge in [-0.05, 0) is 30.0 Å². The first-order valence-corrected chi connectivity index (χ1v) is 11.2. The maximum atomic E-state index is 13.0. The number of likely N-dealkylation sites (tertiary alicyclic amines) is 1. The van der Waals surface area contributed by atoms with E-state index in [0.29, 0.717) is 6.42 Å². The number of hydrogen-bond donors (Lipinski definition) is 0. The molecule has 2 fully saturated rings. The SMILES string of the molecule is CCC(c1cccs1)N1C(=O)[C@H]2CN(S(=O)(=O)c3ccccc3)C[C@H]2C1=O. The first kappa shape index (κ1) is 18.3. The lowest BCUT2D eigenvalue weighted by Crippen LogP contribution is -2.39. The topological polar surface area (TPSA) is 74.8 Å². The maximum Gasteiger partial charge on any atom is 0.243 e. The Morgan fingerprint density at radius 3 is 2.19 bits per heavy atom. The minimum Gasteiger partial charge on any atom is -0.274 e. The molecule has 3 atom stereocenters. The molecule has 0 N–H and O–H groups in total. The van der Waals surface area contributed by atoms with E-state index in [4.69, 9.17) is 0 Å². The van der Waals surface area contributed by atoms with Crippen molar-refractivity contribution >= 4 is 33.2 Å². The molecule has 3 heterocycles. The van der Waals surface area contributed by atoms with Gasteiger partial charge in [0.1, 0.15) is 0 Å². The van der Waals surface area contributed by atoms with Crippen molar-refractivity contribution in [2.45, 2.75) is 24.3 Å². The lowest BCUT2D eigenvalue weighted by Gasteiger charge is -2.26. The van der Waals surface area contributed by atoms with Crippen molar-refractivity contribution in [2.24, 2.45) is 11.8 Å². The zero-order chi connectivity index (χ0) is 19.2. The highest BCUT2D eigenvalue weighted by molar-refractivity contribution is 7.89. The van der Waals surface area contributed by atoms with Crippen LogP contribution in [-0.2, 0) is 19.6 Å². The fraction of sp³-hybridized carbons (Fsp3) is 0.368.